The summed E-state index contributed by atoms with van der Waals surface area (Å²) in [4.78, 5) is 43.6. The Bertz CT molecular complexity index is 1250. The van der Waals surface area contributed by atoms with Gasteiger partial charge in [-0.05, 0) is 56.3 Å². The first-order chi connectivity index (χ1) is 17.0. The van der Waals surface area contributed by atoms with Crippen LogP contribution in [0.3, 0.4) is 0 Å². The number of hydrogen-bond donors (Lipinski definition) is 2. The molecular weight excluding hydrogens is 442 g/mol. The molecule has 0 radical (unpaired) electrons. The third-order valence-corrected chi connectivity index (χ3v) is 7.06. The van der Waals surface area contributed by atoms with E-state index in [4.69, 9.17) is 0 Å². The first-order valence-corrected chi connectivity index (χ1v) is 12.4. The minimum atomic E-state index is -0.0991. The molecule has 0 saturated carbocycles. The fourth-order valence-corrected chi connectivity index (χ4v) is 4.96. The topological polar surface area (TPSA) is 97.5 Å². The van der Waals surface area contributed by atoms with Crippen LogP contribution in [0.4, 0.5) is 5.69 Å². The number of likely N-dealkylation sites (tertiary alicyclic amines) is 1. The normalized spacial score (nSPS) is 19.4. The highest BCUT2D eigenvalue weighted by molar-refractivity contribution is 5.92. The van der Waals surface area contributed by atoms with E-state index in [0.717, 1.165) is 80.1 Å². The number of aromatic nitrogens is 3. The number of carbonyl (C=O) groups excluding carboxylic acids is 1. The maximum absolute atomic E-state index is 12.5. The van der Waals surface area contributed by atoms with Gasteiger partial charge >= 0.3 is 0 Å². The predicted molar refractivity (Wildman–Crippen MR) is 137 cm³/mol. The summed E-state index contributed by atoms with van der Waals surface area (Å²) in [6.45, 7) is 8.28. The Kier molecular flexibility index (Phi) is 6.79. The highest BCUT2D eigenvalue weighted by Crippen LogP contribution is 2.18. The number of amides is 1. The molecule has 0 spiro atoms. The van der Waals surface area contributed by atoms with Crippen molar-refractivity contribution in [1.82, 2.24) is 30.1 Å². The number of fused-ring (bicyclic) bond motifs is 1. The largest absolute Gasteiger partial charge is 0.368 e. The summed E-state index contributed by atoms with van der Waals surface area (Å²) in [5.74, 6) is -0.0991. The van der Waals surface area contributed by atoms with Crippen LogP contribution in [0, 0.1) is 0 Å². The van der Waals surface area contributed by atoms with E-state index < -0.39 is 0 Å². The van der Waals surface area contributed by atoms with Gasteiger partial charge in [-0.1, -0.05) is 6.92 Å². The number of carbonyl (C=O) groups is 1. The van der Waals surface area contributed by atoms with Crippen molar-refractivity contribution in [3.05, 3.63) is 63.8 Å². The van der Waals surface area contributed by atoms with Gasteiger partial charge in [-0.2, -0.15) is 0 Å². The number of anilines is 1. The fraction of sp³-hybridized carbons (Fsp3) is 0.462. The van der Waals surface area contributed by atoms with E-state index in [1.54, 1.807) is 6.20 Å². The summed E-state index contributed by atoms with van der Waals surface area (Å²) >= 11 is 0. The number of hydrogen-bond acceptors (Lipinski definition) is 7. The van der Waals surface area contributed by atoms with Crippen molar-refractivity contribution in [2.75, 3.05) is 51.2 Å². The molecular formula is C26H33N7O2. The molecule has 2 aliphatic rings. The Morgan fingerprint density at radius 1 is 1.11 bits per heavy atom. The van der Waals surface area contributed by atoms with E-state index in [-0.39, 0.29) is 17.5 Å². The lowest BCUT2D eigenvalue weighted by Crippen LogP contribution is -2.46. The molecule has 1 amide bonds. The van der Waals surface area contributed by atoms with Gasteiger partial charge in [0.05, 0.1) is 22.9 Å². The molecule has 9 nitrogen and oxygen atoms in total. The molecule has 0 aromatic carbocycles. The van der Waals surface area contributed by atoms with E-state index in [0.29, 0.717) is 12.1 Å². The molecule has 2 saturated heterocycles. The quantitative estimate of drug-likeness (QED) is 0.559. The summed E-state index contributed by atoms with van der Waals surface area (Å²) in [7, 11) is 2.07. The van der Waals surface area contributed by atoms with E-state index in [1.807, 2.05) is 37.4 Å². The fourth-order valence-electron chi connectivity index (χ4n) is 4.96. The summed E-state index contributed by atoms with van der Waals surface area (Å²) in [6.07, 6.45) is 5.39. The van der Waals surface area contributed by atoms with Gasteiger partial charge in [0, 0.05) is 57.1 Å². The van der Waals surface area contributed by atoms with Gasteiger partial charge < -0.3 is 20.1 Å². The van der Waals surface area contributed by atoms with E-state index >= 15 is 0 Å². The lowest BCUT2D eigenvalue weighted by Gasteiger charge is -2.36. The third-order valence-electron chi connectivity index (χ3n) is 7.06. The first-order valence-electron chi connectivity index (χ1n) is 12.4. The number of aromatic amines is 1. The van der Waals surface area contributed by atoms with Crippen LogP contribution in [-0.4, -0.2) is 83.0 Å². The van der Waals surface area contributed by atoms with Crippen LogP contribution < -0.4 is 15.8 Å². The molecule has 0 aliphatic carbocycles. The van der Waals surface area contributed by atoms with Crippen molar-refractivity contribution < 1.29 is 4.79 Å². The number of H-pyrrole nitrogens is 1. The molecule has 184 valence electrons. The summed E-state index contributed by atoms with van der Waals surface area (Å²) in [6, 6.07) is 7.93. The summed E-state index contributed by atoms with van der Waals surface area (Å²) in [5, 5.41) is 3.09. The zero-order chi connectivity index (χ0) is 24.4. The van der Waals surface area contributed by atoms with Crippen molar-refractivity contribution >= 4 is 22.6 Å². The van der Waals surface area contributed by atoms with Crippen LogP contribution in [0.15, 0.2) is 41.5 Å². The third kappa shape index (κ3) is 5.36. The van der Waals surface area contributed by atoms with Crippen LogP contribution in [0.5, 0.6) is 0 Å². The van der Waals surface area contributed by atoms with Crippen LogP contribution in [0.1, 0.15) is 35.0 Å². The Morgan fingerprint density at radius 3 is 2.63 bits per heavy atom. The second kappa shape index (κ2) is 10.1. The number of nitrogens with one attached hydrogen (secondary N) is 2. The molecule has 3 aromatic rings. The maximum Gasteiger partial charge on any atom is 0.270 e. The second-order valence-corrected chi connectivity index (χ2v) is 9.64. The van der Waals surface area contributed by atoms with Gasteiger partial charge in [-0.25, -0.2) is 4.98 Å². The highest BCUT2D eigenvalue weighted by atomic mass is 16.2. The lowest BCUT2D eigenvalue weighted by atomic mass is 10.1. The summed E-state index contributed by atoms with van der Waals surface area (Å²) < 4.78 is 0. The number of likely N-dealkylation sites (N-methyl/N-ethyl adjacent to an activating group) is 1. The Hall–Kier alpha value is -3.30. The lowest BCUT2D eigenvalue weighted by molar-refractivity contribution is 0.0933. The second-order valence-electron chi connectivity index (χ2n) is 9.64. The average Bonchev–Trinajstić information content (AvgIpc) is 3.28. The molecule has 0 bridgehead atoms. The number of piperazine rings is 1. The Morgan fingerprint density at radius 2 is 1.94 bits per heavy atom. The van der Waals surface area contributed by atoms with Gasteiger partial charge in [-0.15, -0.1) is 0 Å². The molecule has 1 atom stereocenters. The van der Waals surface area contributed by atoms with Crippen molar-refractivity contribution in [1.29, 1.82) is 0 Å². The number of aryl methyl sites for hydroxylation is 1. The molecule has 5 rings (SSSR count). The molecule has 3 aromatic heterocycles. The molecule has 2 aliphatic heterocycles. The van der Waals surface area contributed by atoms with Gasteiger partial charge in [0.25, 0.3) is 11.5 Å². The highest BCUT2D eigenvalue weighted by Gasteiger charge is 2.23. The number of pyridine rings is 3. The first kappa shape index (κ1) is 23.4. The van der Waals surface area contributed by atoms with Gasteiger partial charge in [-0.3, -0.25) is 19.5 Å². The van der Waals surface area contributed by atoms with E-state index in [9.17, 15) is 9.59 Å². The van der Waals surface area contributed by atoms with Crippen LogP contribution >= 0.6 is 0 Å². The van der Waals surface area contributed by atoms with Crippen LogP contribution in [-0.2, 0) is 13.0 Å². The molecule has 0 unspecified atom stereocenters. The van der Waals surface area contributed by atoms with Gasteiger partial charge in [0.1, 0.15) is 5.69 Å². The van der Waals surface area contributed by atoms with Gasteiger partial charge in [0.15, 0.2) is 0 Å². The minimum absolute atomic E-state index is 0.0317. The average molecular weight is 476 g/mol. The van der Waals surface area contributed by atoms with Crippen LogP contribution in [0.25, 0.3) is 11.0 Å². The molecule has 35 heavy (non-hydrogen) atoms. The molecule has 5 heterocycles. The summed E-state index contributed by atoms with van der Waals surface area (Å²) in [5.41, 5.74) is 4.95. The van der Waals surface area contributed by atoms with Crippen LogP contribution in [0.2, 0.25) is 0 Å². The van der Waals surface area contributed by atoms with E-state index in [1.165, 1.54) is 0 Å². The predicted octanol–water partition coefficient (Wildman–Crippen LogP) is 1.64. The molecule has 2 N–H and O–H groups in total. The van der Waals surface area contributed by atoms with Crippen molar-refractivity contribution in [3.8, 4) is 0 Å². The van der Waals surface area contributed by atoms with Crippen molar-refractivity contribution in [2.24, 2.45) is 0 Å². The minimum Gasteiger partial charge on any atom is -0.368 e. The Balaban J connectivity index is 1.15. The van der Waals surface area contributed by atoms with Gasteiger partial charge in [0.2, 0.25) is 0 Å². The number of nitrogens with zero attached hydrogens (tertiary/aromatic N) is 5. The monoisotopic (exact) mass is 475 g/mol. The standard InChI is InChI=1S/C26H33N7O2/c1-3-19-13-23-24(30-25(19)34)12-18(14-27-23)16-32-8-10-33(11-9-32)21-4-5-22(28-15-21)26(35)29-20-6-7-31(2)17-20/h4-5,12-15,20H,3,6-11,16-17H2,1-2H3,(H,29,35)(H,30,34)/t20-/m0/s1. The zero-order valence-corrected chi connectivity index (χ0v) is 20.5. The zero-order valence-electron chi connectivity index (χ0n) is 20.5. The number of rotatable bonds is 6. The molecule has 2 fully saturated rings. The smallest absolute Gasteiger partial charge is 0.270 e. The van der Waals surface area contributed by atoms with Crippen molar-refractivity contribution in [3.63, 3.8) is 0 Å². The van der Waals surface area contributed by atoms with E-state index in [2.05, 4.69) is 42.0 Å². The molecule has 9 heteroatoms. The van der Waals surface area contributed by atoms with Crippen molar-refractivity contribution in [2.45, 2.75) is 32.4 Å². The maximum atomic E-state index is 12.5. The Labute approximate surface area is 205 Å². The SMILES string of the molecule is CCc1cc2ncc(CN3CCN(c4ccc(C(=O)N[C@H]5CCN(C)C5)nc4)CC3)cc2[nH]c1=O.